The molecule has 0 spiro atoms. The van der Waals surface area contributed by atoms with E-state index in [9.17, 15) is 23.8 Å². The summed E-state index contributed by atoms with van der Waals surface area (Å²) in [6.07, 6.45) is 1.38. The second kappa shape index (κ2) is 6.08. The van der Waals surface area contributed by atoms with Gasteiger partial charge in [0.05, 0.1) is 0 Å². The number of carbonyl (C=O) groups is 1. The van der Waals surface area contributed by atoms with Gasteiger partial charge in [0, 0.05) is 24.8 Å². The van der Waals surface area contributed by atoms with Gasteiger partial charge in [0.1, 0.15) is 0 Å². The summed E-state index contributed by atoms with van der Waals surface area (Å²) >= 11 is 0. The number of halogens is 2. The number of carboxylic acids is 1. The molecule has 3 rings (SSSR count). The summed E-state index contributed by atoms with van der Waals surface area (Å²) in [7, 11) is 0. The first-order chi connectivity index (χ1) is 11.2. The molecular weight excluding hydrogens is 316 g/mol. The Hall–Kier alpha value is -1.53. The molecule has 0 unspecified atom stereocenters. The number of aliphatic hydroxyl groups is 1. The Morgan fingerprint density at radius 3 is 2.50 bits per heavy atom. The molecule has 2 aliphatic rings. The van der Waals surface area contributed by atoms with Crippen LogP contribution in [-0.2, 0) is 10.4 Å². The van der Waals surface area contributed by atoms with Crippen molar-refractivity contribution in [3.8, 4) is 0 Å². The van der Waals surface area contributed by atoms with Crippen LogP contribution >= 0.6 is 0 Å². The number of benzene rings is 1. The highest BCUT2D eigenvalue weighted by atomic mass is 19.3. The largest absolute Gasteiger partial charge is 0.479 e. The van der Waals surface area contributed by atoms with Gasteiger partial charge >= 0.3 is 5.97 Å². The van der Waals surface area contributed by atoms with Gasteiger partial charge < -0.3 is 15.9 Å². The van der Waals surface area contributed by atoms with E-state index in [1.54, 1.807) is 24.3 Å². The van der Waals surface area contributed by atoms with Crippen LogP contribution in [0.5, 0.6) is 0 Å². The highest BCUT2D eigenvalue weighted by molar-refractivity contribution is 5.80. The Morgan fingerprint density at radius 2 is 1.96 bits per heavy atom. The van der Waals surface area contributed by atoms with Crippen LogP contribution in [0.15, 0.2) is 24.3 Å². The van der Waals surface area contributed by atoms with Gasteiger partial charge in [-0.3, -0.25) is 0 Å². The quantitative estimate of drug-likeness (QED) is 0.787. The van der Waals surface area contributed by atoms with Crippen molar-refractivity contribution in [1.29, 1.82) is 0 Å². The molecule has 4 N–H and O–H groups in total. The van der Waals surface area contributed by atoms with Crippen molar-refractivity contribution in [2.24, 2.45) is 11.7 Å². The van der Waals surface area contributed by atoms with Crippen molar-refractivity contribution in [3.05, 3.63) is 35.4 Å². The highest BCUT2D eigenvalue weighted by Crippen LogP contribution is 2.49. The molecule has 2 fully saturated rings. The zero-order valence-corrected chi connectivity index (χ0v) is 13.4. The van der Waals surface area contributed by atoms with Crippen LogP contribution in [-0.4, -0.2) is 28.1 Å². The van der Waals surface area contributed by atoms with Crippen molar-refractivity contribution in [3.63, 3.8) is 0 Å². The Morgan fingerprint density at radius 1 is 1.25 bits per heavy atom. The number of aliphatic carboxylic acids is 1. The lowest BCUT2D eigenvalue weighted by Crippen LogP contribution is -2.43. The van der Waals surface area contributed by atoms with E-state index in [1.165, 1.54) is 0 Å². The second-order valence-corrected chi connectivity index (χ2v) is 7.22. The molecule has 0 saturated heterocycles. The number of hydrogen-bond acceptors (Lipinski definition) is 3. The zero-order chi connectivity index (χ0) is 17.5. The summed E-state index contributed by atoms with van der Waals surface area (Å²) < 4.78 is 27.3. The van der Waals surface area contributed by atoms with Crippen molar-refractivity contribution in [2.75, 3.05) is 0 Å². The van der Waals surface area contributed by atoms with Gasteiger partial charge in [-0.15, -0.1) is 0 Å². The second-order valence-electron chi connectivity index (χ2n) is 7.22. The maximum atomic E-state index is 13.6. The molecule has 6 heteroatoms. The molecular formula is C18H23F2NO3. The van der Waals surface area contributed by atoms with Crippen LogP contribution in [0.4, 0.5) is 8.78 Å². The predicted octanol–water partition coefficient (Wildman–Crippen LogP) is 2.99. The molecule has 2 aliphatic carbocycles. The molecule has 4 atom stereocenters. The van der Waals surface area contributed by atoms with Crippen molar-refractivity contribution >= 4 is 5.97 Å². The van der Waals surface area contributed by atoms with Crippen LogP contribution in [0.3, 0.4) is 0 Å². The first kappa shape index (κ1) is 17.3. The molecule has 0 aromatic heterocycles. The highest BCUT2D eigenvalue weighted by Gasteiger charge is 2.54. The number of hydrogen-bond donors (Lipinski definition) is 3. The molecule has 0 bridgehead atoms. The van der Waals surface area contributed by atoms with E-state index in [2.05, 4.69) is 0 Å². The summed E-state index contributed by atoms with van der Waals surface area (Å²) in [4.78, 5) is 11.9. The van der Waals surface area contributed by atoms with E-state index in [4.69, 9.17) is 5.73 Å². The minimum Gasteiger partial charge on any atom is -0.479 e. The molecule has 0 radical (unpaired) electrons. The van der Waals surface area contributed by atoms with E-state index in [-0.39, 0.29) is 30.4 Å². The van der Waals surface area contributed by atoms with E-state index >= 15 is 0 Å². The Kier molecular flexibility index (Phi) is 4.38. The van der Waals surface area contributed by atoms with Crippen LogP contribution < -0.4 is 5.73 Å². The van der Waals surface area contributed by atoms with Gasteiger partial charge in [-0.05, 0) is 42.7 Å². The monoisotopic (exact) mass is 339 g/mol. The van der Waals surface area contributed by atoms with Crippen LogP contribution in [0.1, 0.15) is 55.6 Å². The molecule has 0 amide bonds. The van der Waals surface area contributed by atoms with E-state index < -0.39 is 29.8 Å². The van der Waals surface area contributed by atoms with Crippen molar-refractivity contribution < 1.29 is 23.8 Å². The fourth-order valence-electron chi connectivity index (χ4n) is 4.32. The normalized spacial score (nSPS) is 31.8. The number of alkyl halides is 2. The molecule has 24 heavy (non-hydrogen) atoms. The molecule has 2 saturated carbocycles. The zero-order valence-electron chi connectivity index (χ0n) is 13.4. The first-order valence-electron chi connectivity index (χ1n) is 8.42. The maximum absolute atomic E-state index is 13.6. The summed E-state index contributed by atoms with van der Waals surface area (Å²) in [5.41, 5.74) is 4.65. The van der Waals surface area contributed by atoms with Gasteiger partial charge in [-0.1, -0.05) is 24.3 Å². The lowest BCUT2D eigenvalue weighted by molar-refractivity contribution is -0.167. The average Bonchev–Trinajstić information content (AvgIpc) is 3.12. The topological polar surface area (TPSA) is 83.5 Å². The summed E-state index contributed by atoms with van der Waals surface area (Å²) in [5.74, 6) is -5.32. The smallest absolute Gasteiger partial charge is 0.340 e. The fraction of sp³-hybridized carbons (Fsp3) is 0.611. The summed E-state index contributed by atoms with van der Waals surface area (Å²) in [6, 6.07) is 6.84. The van der Waals surface area contributed by atoms with Gasteiger partial charge in [-0.2, -0.15) is 0 Å². The van der Waals surface area contributed by atoms with Gasteiger partial charge in [-0.25, -0.2) is 13.6 Å². The van der Waals surface area contributed by atoms with Crippen LogP contribution in [0, 0.1) is 5.92 Å². The van der Waals surface area contributed by atoms with Gasteiger partial charge in [0.15, 0.2) is 5.60 Å². The first-order valence-corrected chi connectivity index (χ1v) is 8.42. The van der Waals surface area contributed by atoms with Crippen LogP contribution in [0.25, 0.3) is 0 Å². The number of rotatable bonds is 4. The SMILES string of the molecule is N[C@@H]1CC[C@@H](c2ccccc2[C@@](O)(C(=O)O)[C@@H]2CCC(F)(F)C2)C1. The van der Waals surface area contributed by atoms with E-state index in [0.717, 1.165) is 18.4 Å². The number of nitrogens with two attached hydrogens (primary N) is 1. The van der Waals surface area contributed by atoms with Crippen molar-refractivity contribution in [1.82, 2.24) is 0 Å². The number of carboxylic acid groups (broad SMARTS) is 1. The molecule has 0 aliphatic heterocycles. The molecule has 1 aromatic carbocycles. The molecule has 0 heterocycles. The predicted molar refractivity (Wildman–Crippen MR) is 84.8 cm³/mol. The maximum Gasteiger partial charge on any atom is 0.340 e. The Bertz CT molecular complexity index is 636. The summed E-state index contributed by atoms with van der Waals surface area (Å²) in [6.45, 7) is 0. The lowest BCUT2D eigenvalue weighted by atomic mass is 9.75. The minimum atomic E-state index is -2.92. The van der Waals surface area contributed by atoms with E-state index in [0.29, 0.717) is 6.42 Å². The van der Waals surface area contributed by atoms with Gasteiger partial charge in [0.25, 0.3) is 0 Å². The molecule has 1 aromatic rings. The Labute approximate surface area is 139 Å². The average molecular weight is 339 g/mol. The van der Waals surface area contributed by atoms with Crippen LogP contribution in [0.2, 0.25) is 0 Å². The minimum absolute atomic E-state index is 0.00564. The standard InChI is InChI=1S/C18H23F2NO3/c19-17(20)8-7-12(10-17)18(24,16(22)23)15-4-2-1-3-14(15)11-5-6-13(21)9-11/h1-4,11-13,24H,5-10,21H2,(H,22,23)/t11-,12-,13-,18-/m1/s1. The third-order valence-electron chi connectivity index (χ3n) is 5.60. The van der Waals surface area contributed by atoms with Gasteiger partial charge in [0.2, 0.25) is 5.92 Å². The molecule has 4 nitrogen and oxygen atoms in total. The van der Waals surface area contributed by atoms with Crippen molar-refractivity contribution in [2.45, 2.75) is 62.0 Å². The third kappa shape index (κ3) is 2.93. The third-order valence-corrected chi connectivity index (χ3v) is 5.60. The molecule has 132 valence electrons. The lowest BCUT2D eigenvalue weighted by Gasteiger charge is -2.33. The fourth-order valence-corrected chi connectivity index (χ4v) is 4.32. The van der Waals surface area contributed by atoms with E-state index in [1.807, 2.05) is 0 Å². The summed E-state index contributed by atoms with van der Waals surface area (Å²) in [5, 5.41) is 20.8. The Balaban J connectivity index is 2.02.